The molecule has 4 saturated heterocycles. The normalized spacial score (nSPS) is 28.3. The molecule has 10 nitrogen and oxygen atoms in total. The Bertz CT molecular complexity index is 2380. The molecule has 2 unspecified atom stereocenters. The van der Waals surface area contributed by atoms with E-state index in [0.29, 0.717) is 69.2 Å². The number of nitrogens with zero attached hydrogens (tertiary/aromatic N) is 7. The number of terminal acetylenes is 1. The van der Waals surface area contributed by atoms with Gasteiger partial charge in [0.25, 0.3) is 0 Å². The number of anilines is 2. The first-order valence-electron chi connectivity index (χ1n) is 19.1. The number of methoxy groups -OCH3 is 1. The molecule has 3 aromatic carbocycles. The second-order valence-electron chi connectivity index (χ2n) is 16.1. The highest BCUT2D eigenvalue weighted by molar-refractivity contribution is 6.18. The van der Waals surface area contributed by atoms with Crippen molar-refractivity contribution in [2.75, 3.05) is 50.5 Å². The Hall–Kier alpha value is -4.64. The van der Waals surface area contributed by atoms with E-state index in [0.717, 1.165) is 58.2 Å². The van der Waals surface area contributed by atoms with Crippen LogP contribution in [0.5, 0.6) is 6.01 Å². The molecular weight excluding hydrogens is 693 g/mol. The van der Waals surface area contributed by atoms with Crippen molar-refractivity contribution in [2.24, 2.45) is 7.05 Å². The van der Waals surface area contributed by atoms with Gasteiger partial charge in [-0.2, -0.15) is 15.1 Å². The number of piperazine rings is 1. The third-order valence-corrected chi connectivity index (χ3v) is 13.0. The van der Waals surface area contributed by atoms with Crippen LogP contribution in [-0.4, -0.2) is 105 Å². The van der Waals surface area contributed by atoms with Gasteiger partial charge in [-0.1, -0.05) is 12.0 Å². The SMILES string of the molecule is C#Cc1c(F)ccc2cc(N)cc(-c3c(F)c4nc(OC[C@@]56CCCN5C[C@H](F)C6)nc(N5C6CCC5CN(C5CC(OC)C5)C6)c4c4cn(C)nc34)c12. The Balaban J connectivity index is 1.17. The lowest BCUT2D eigenvalue weighted by Crippen LogP contribution is -2.60. The standard InChI is InChI=1S/C41H43F3N8O2/c1-4-29-32(43)9-6-22-12-24(45)13-30(33(22)29)34-36(44)38-35(31-20-49(2)48-37(31)34)39(47-40(46-38)54-21-41-10-5-11-51(41)17-23(42)16-41)52-25-7-8-26(52)19-50(18-25)27-14-28(15-27)53-3/h1,6,9,12-13,20,23,25-28H,5,7-8,10-11,14-19,21,45H2,2-3H3/t23-,25?,26?,27?,28?,41+/m1/s1. The molecule has 2 aromatic heterocycles. The van der Waals surface area contributed by atoms with Crippen LogP contribution in [-0.2, 0) is 11.8 Å². The highest BCUT2D eigenvalue weighted by atomic mass is 19.1. The molecule has 13 heteroatoms. The molecule has 0 spiro atoms. The first kappa shape index (κ1) is 33.9. The number of nitrogens with two attached hydrogens (primary N) is 1. The van der Waals surface area contributed by atoms with Crippen molar-refractivity contribution in [2.45, 2.75) is 80.9 Å². The lowest BCUT2D eigenvalue weighted by Gasteiger charge is -2.49. The topological polar surface area (TPSA) is 97.8 Å². The number of aryl methyl sites for hydroxylation is 1. The third kappa shape index (κ3) is 5.09. The molecule has 2 N–H and O–H groups in total. The van der Waals surface area contributed by atoms with E-state index in [1.165, 1.54) is 6.07 Å². The molecule has 54 heavy (non-hydrogen) atoms. The Kier molecular flexibility index (Phi) is 7.81. The number of alkyl halides is 1. The average Bonchev–Trinajstić information content (AvgIpc) is 3.85. The molecule has 6 heterocycles. The molecule has 0 amide bonds. The molecule has 1 saturated carbocycles. The first-order chi connectivity index (χ1) is 26.1. The summed E-state index contributed by atoms with van der Waals surface area (Å²) in [7, 11) is 3.57. The molecule has 0 radical (unpaired) electrons. The molecule has 280 valence electrons. The quantitative estimate of drug-likeness (QED) is 0.160. The number of aromatic nitrogens is 4. The van der Waals surface area contributed by atoms with E-state index in [1.807, 2.05) is 6.20 Å². The van der Waals surface area contributed by atoms with Crippen molar-refractivity contribution in [1.82, 2.24) is 29.5 Å². The maximum Gasteiger partial charge on any atom is 0.319 e. The lowest BCUT2D eigenvalue weighted by molar-refractivity contribution is -0.0328. The fourth-order valence-corrected chi connectivity index (χ4v) is 10.5. The van der Waals surface area contributed by atoms with Crippen molar-refractivity contribution in [3.05, 3.63) is 47.7 Å². The number of rotatable bonds is 7. The minimum absolute atomic E-state index is 0.0133. The molecule has 4 aliphatic heterocycles. The van der Waals surface area contributed by atoms with Crippen molar-refractivity contribution in [3.63, 3.8) is 0 Å². The van der Waals surface area contributed by atoms with E-state index in [1.54, 1.807) is 37.0 Å². The number of hydrogen-bond acceptors (Lipinski definition) is 9. The van der Waals surface area contributed by atoms with Crippen LogP contribution >= 0.6 is 0 Å². The predicted molar refractivity (Wildman–Crippen MR) is 202 cm³/mol. The fourth-order valence-electron chi connectivity index (χ4n) is 10.5. The summed E-state index contributed by atoms with van der Waals surface area (Å²) in [4.78, 5) is 17.1. The van der Waals surface area contributed by atoms with Crippen molar-refractivity contribution in [1.29, 1.82) is 0 Å². The molecule has 5 fully saturated rings. The number of nitrogen functional groups attached to an aromatic ring is 1. The van der Waals surface area contributed by atoms with E-state index in [-0.39, 0.29) is 41.3 Å². The van der Waals surface area contributed by atoms with Crippen LogP contribution in [0, 0.1) is 24.0 Å². The number of fused-ring (bicyclic) bond motifs is 7. The maximum atomic E-state index is 17.8. The van der Waals surface area contributed by atoms with Gasteiger partial charge in [-0.15, -0.1) is 6.42 Å². The summed E-state index contributed by atoms with van der Waals surface area (Å²) in [6, 6.07) is 7.04. The van der Waals surface area contributed by atoms with Gasteiger partial charge in [0.2, 0.25) is 0 Å². The average molecular weight is 737 g/mol. The van der Waals surface area contributed by atoms with Crippen LogP contribution in [0.15, 0.2) is 30.5 Å². The Morgan fingerprint density at radius 3 is 2.59 bits per heavy atom. The van der Waals surface area contributed by atoms with Crippen LogP contribution in [0.2, 0.25) is 0 Å². The van der Waals surface area contributed by atoms with E-state index >= 15 is 8.78 Å². The van der Waals surface area contributed by atoms with Crippen LogP contribution in [0.25, 0.3) is 43.7 Å². The number of likely N-dealkylation sites (tertiary alicyclic amines) is 1. The number of benzene rings is 3. The van der Waals surface area contributed by atoms with E-state index < -0.39 is 23.3 Å². The van der Waals surface area contributed by atoms with Crippen LogP contribution < -0.4 is 15.4 Å². The van der Waals surface area contributed by atoms with E-state index in [2.05, 4.69) is 20.6 Å². The summed E-state index contributed by atoms with van der Waals surface area (Å²) in [6.45, 7) is 3.14. The minimum Gasteiger partial charge on any atom is -0.461 e. The fraction of sp³-hybridized carbons (Fsp3) is 0.488. The van der Waals surface area contributed by atoms with Gasteiger partial charge in [0, 0.05) is 86.6 Å². The van der Waals surface area contributed by atoms with Crippen LogP contribution in [0.3, 0.4) is 0 Å². The third-order valence-electron chi connectivity index (χ3n) is 13.0. The van der Waals surface area contributed by atoms with Gasteiger partial charge < -0.3 is 20.1 Å². The van der Waals surface area contributed by atoms with Gasteiger partial charge in [-0.3, -0.25) is 14.5 Å². The summed E-state index contributed by atoms with van der Waals surface area (Å²) in [5.41, 5.74) is 7.23. The van der Waals surface area contributed by atoms with Crippen molar-refractivity contribution in [3.8, 4) is 29.5 Å². The zero-order chi connectivity index (χ0) is 37.0. The largest absolute Gasteiger partial charge is 0.461 e. The summed E-state index contributed by atoms with van der Waals surface area (Å²) in [5.74, 6) is 1.85. The van der Waals surface area contributed by atoms with Gasteiger partial charge in [-0.05, 0) is 74.2 Å². The number of ether oxygens (including phenoxy) is 2. The highest BCUT2D eigenvalue weighted by Crippen LogP contribution is 2.47. The molecule has 5 aromatic rings. The summed E-state index contributed by atoms with van der Waals surface area (Å²) in [6.07, 6.45) is 13.3. The van der Waals surface area contributed by atoms with Gasteiger partial charge in [0.1, 0.15) is 35.4 Å². The molecule has 1 aliphatic carbocycles. The zero-order valence-corrected chi connectivity index (χ0v) is 30.5. The summed E-state index contributed by atoms with van der Waals surface area (Å²) in [5, 5.41) is 6.94. The minimum atomic E-state index is -0.923. The predicted octanol–water partition coefficient (Wildman–Crippen LogP) is 5.96. The Morgan fingerprint density at radius 2 is 1.83 bits per heavy atom. The van der Waals surface area contributed by atoms with Crippen molar-refractivity contribution < 1.29 is 22.6 Å². The van der Waals surface area contributed by atoms with Gasteiger partial charge >= 0.3 is 6.01 Å². The maximum absolute atomic E-state index is 17.8. The smallest absolute Gasteiger partial charge is 0.319 e. The van der Waals surface area contributed by atoms with E-state index in [9.17, 15) is 4.39 Å². The molecular formula is C41H43F3N8O2. The molecule has 5 aliphatic rings. The number of hydrogen-bond donors (Lipinski definition) is 1. The number of halogens is 3. The molecule has 10 rings (SSSR count). The van der Waals surface area contributed by atoms with Crippen LogP contribution in [0.1, 0.15) is 50.5 Å². The van der Waals surface area contributed by atoms with Gasteiger partial charge in [-0.25, -0.2) is 13.2 Å². The van der Waals surface area contributed by atoms with Gasteiger partial charge in [0.15, 0.2) is 5.82 Å². The summed E-state index contributed by atoms with van der Waals surface area (Å²) >= 11 is 0. The summed E-state index contributed by atoms with van der Waals surface area (Å²) < 4.78 is 61.6. The Morgan fingerprint density at radius 1 is 1.04 bits per heavy atom. The Labute approximate surface area is 311 Å². The monoisotopic (exact) mass is 736 g/mol. The second-order valence-corrected chi connectivity index (χ2v) is 16.1. The van der Waals surface area contributed by atoms with Crippen LogP contribution in [0.4, 0.5) is 24.7 Å². The second kappa shape index (κ2) is 12.4. The van der Waals surface area contributed by atoms with E-state index in [4.69, 9.17) is 36.7 Å². The van der Waals surface area contributed by atoms with Gasteiger partial charge in [0.05, 0.1) is 22.6 Å². The first-order valence-corrected chi connectivity index (χ1v) is 19.1. The van der Waals surface area contributed by atoms with Crippen molar-refractivity contribution >= 4 is 44.1 Å². The highest BCUT2D eigenvalue weighted by Gasteiger charge is 2.50. The lowest BCUT2D eigenvalue weighted by atomic mass is 9.87. The molecule has 2 bridgehead atoms. The molecule has 4 atom stereocenters. The zero-order valence-electron chi connectivity index (χ0n) is 30.5.